The number of nitrogens with two attached hydrogens (primary N) is 1. The number of amides is 3. The molecule has 0 aromatic heterocycles. The van der Waals surface area contributed by atoms with Gasteiger partial charge < -0.3 is 31.2 Å². The number of ether oxygens (including phenoxy) is 2. The lowest BCUT2D eigenvalue weighted by Crippen LogP contribution is -2.49. The fourth-order valence-corrected chi connectivity index (χ4v) is 3.11. The van der Waals surface area contributed by atoms with Crippen molar-refractivity contribution in [3.8, 4) is 0 Å². The first kappa shape index (κ1) is 32.6. The molecule has 0 aromatic rings. The molecule has 0 aliphatic carbocycles. The Labute approximate surface area is 210 Å². The maximum Gasteiger partial charge on any atom is 0.329 e. The molecule has 3 amide bonds. The van der Waals surface area contributed by atoms with Gasteiger partial charge in [0.05, 0.1) is 0 Å². The monoisotopic (exact) mass is 500 g/mol. The summed E-state index contributed by atoms with van der Waals surface area (Å²) < 4.78 is 10.6. The summed E-state index contributed by atoms with van der Waals surface area (Å²) >= 11 is 0. The summed E-state index contributed by atoms with van der Waals surface area (Å²) in [5, 5.41) is 7.88. The van der Waals surface area contributed by atoms with Crippen LogP contribution in [0.3, 0.4) is 0 Å². The van der Waals surface area contributed by atoms with Gasteiger partial charge in [-0.25, -0.2) is 9.59 Å². The van der Waals surface area contributed by atoms with Crippen molar-refractivity contribution in [2.45, 2.75) is 117 Å². The fraction of sp³-hybridized carbons (Fsp3) is 0.840. The Hall–Kier alpha value is -2.36. The SMILES string of the molecule is CC(C)(C)OC(=O)CNC(=O)N[C@@H](CCCCNC(=O)CCCCCCCN)C(=O)OC(C)(C)C. The molecule has 0 saturated carbocycles. The number of carbonyl (C=O) groups is 4. The van der Waals surface area contributed by atoms with Crippen LogP contribution < -0.4 is 21.7 Å². The Morgan fingerprint density at radius 2 is 1.37 bits per heavy atom. The number of urea groups is 1. The molecule has 0 bridgehead atoms. The van der Waals surface area contributed by atoms with Crippen LogP contribution in [0.1, 0.15) is 99.3 Å². The summed E-state index contributed by atoms with van der Waals surface area (Å²) in [5.74, 6) is -1.11. The lowest BCUT2D eigenvalue weighted by molar-refractivity contribution is -0.157. The highest BCUT2D eigenvalue weighted by Crippen LogP contribution is 2.12. The number of hydrogen-bond acceptors (Lipinski definition) is 7. The lowest BCUT2D eigenvalue weighted by atomic mass is 10.1. The summed E-state index contributed by atoms with van der Waals surface area (Å²) in [6, 6.07) is -1.54. The largest absolute Gasteiger partial charge is 0.459 e. The van der Waals surface area contributed by atoms with Crippen molar-refractivity contribution in [2.24, 2.45) is 5.73 Å². The molecule has 0 aliphatic rings. The molecular weight excluding hydrogens is 452 g/mol. The Morgan fingerprint density at radius 1 is 0.771 bits per heavy atom. The topological polar surface area (TPSA) is 149 Å². The van der Waals surface area contributed by atoms with Crippen LogP contribution in [0.15, 0.2) is 0 Å². The maximum absolute atomic E-state index is 12.6. The minimum atomic E-state index is -0.878. The van der Waals surface area contributed by atoms with Crippen LogP contribution >= 0.6 is 0 Å². The molecule has 0 rings (SSSR count). The lowest BCUT2D eigenvalue weighted by Gasteiger charge is -2.25. The van der Waals surface area contributed by atoms with Crippen molar-refractivity contribution in [2.75, 3.05) is 19.6 Å². The van der Waals surface area contributed by atoms with Crippen LogP contribution in [0.5, 0.6) is 0 Å². The number of carbonyl (C=O) groups excluding carboxylic acids is 4. The third kappa shape index (κ3) is 20.7. The van der Waals surface area contributed by atoms with E-state index < -0.39 is 35.2 Å². The first-order valence-corrected chi connectivity index (χ1v) is 12.7. The van der Waals surface area contributed by atoms with E-state index in [9.17, 15) is 19.2 Å². The van der Waals surface area contributed by atoms with Crippen molar-refractivity contribution in [3.63, 3.8) is 0 Å². The van der Waals surface area contributed by atoms with Crippen molar-refractivity contribution in [1.82, 2.24) is 16.0 Å². The zero-order valence-corrected chi connectivity index (χ0v) is 22.6. The summed E-state index contributed by atoms with van der Waals surface area (Å²) in [7, 11) is 0. The molecule has 1 atom stereocenters. The van der Waals surface area contributed by atoms with Gasteiger partial charge in [0.2, 0.25) is 5.91 Å². The number of unbranched alkanes of at least 4 members (excludes halogenated alkanes) is 5. The van der Waals surface area contributed by atoms with Gasteiger partial charge in [0.25, 0.3) is 0 Å². The molecule has 10 heteroatoms. The van der Waals surface area contributed by atoms with E-state index in [0.717, 1.165) is 32.1 Å². The Kier molecular flexibility index (Phi) is 16.0. The van der Waals surface area contributed by atoms with Crippen molar-refractivity contribution < 1.29 is 28.7 Å². The number of hydrogen-bond donors (Lipinski definition) is 4. The van der Waals surface area contributed by atoms with Gasteiger partial charge in [-0.15, -0.1) is 0 Å². The van der Waals surface area contributed by atoms with Gasteiger partial charge in [0.1, 0.15) is 23.8 Å². The van der Waals surface area contributed by atoms with Crippen LogP contribution in [0, 0.1) is 0 Å². The summed E-state index contributed by atoms with van der Waals surface area (Å²) in [6.45, 7) is 11.3. The van der Waals surface area contributed by atoms with Gasteiger partial charge in [0.15, 0.2) is 0 Å². The molecule has 0 fully saturated rings. The van der Waals surface area contributed by atoms with Crippen LogP contribution in [0.2, 0.25) is 0 Å². The first-order valence-electron chi connectivity index (χ1n) is 12.7. The second-order valence-electron chi connectivity index (χ2n) is 10.7. The molecule has 5 N–H and O–H groups in total. The molecule has 35 heavy (non-hydrogen) atoms. The average Bonchev–Trinajstić information content (AvgIpc) is 2.71. The zero-order chi connectivity index (χ0) is 26.9. The molecule has 0 radical (unpaired) electrons. The van der Waals surface area contributed by atoms with Crippen LogP contribution in [-0.2, 0) is 23.9 Å². The molecule has 0 aromatic carbocycles. The van der Waals surface area contributed by atoms with Crippen LogP contribution in [-0.4, -0.2) is 60.8 Å². The van der Waals surface area contributed by atoms with Crippen molar-refractivity contribution in [1.29, 1.82) is 0 Å². The Balaban J connectivity index is 4.44. The second kappa shape index (κ2) is 17.1. The predicted molar refractivity (Wildman–Crippen MR) is 136 cm³/mol. The van der Waals surface area contributed by atoms with Crippen molar-refractivity contribution in [3.05, 3.63) is 0 Å². The van der Waals surface area contributed by atoms with Gasteiger partial charge in [-0.3, -0.25) is 9.59 Å². The maximum atomic E-state index is 12.6. The van der Waals surface area contributed by atoms with E-state index in [2.05, 4.69) is 16.0 Å². The smallest absolute Gasteiger partial charge is 0.329 e. The Morgan fingerprint density at radius 3 is 1.97 bits per heavy atom. The van der Waals surface area contributed by atoms with Gasteiger partial charge in [-0.2, -0.15) is 0 Å². The van der Waals surface area contributed by atoms with Crippen LogP contribution in [0.25, 0.3) is 0 Å². The predicted octanol–water partition coefficient (Wildman–Crippen LogP) is 2.92. The molecule has 0 aliphatic heterocycles. The van der Waals surface area contributed by atoms with Gasteiger partial charge in [0, 0.05) is 13.0 Å². The van der Waals surface area contributed by atoms with Crippen molar-refractivity contribution >= 4 is 23.9 Å². The molecule has 0 unspecified atom stereocenters. The van der Waals surface area contributed by atoms with E-state index in [1.54, 1.807) is 41.5 Å². The highest BCUT2D eigenvalue weighted by molar-refractivity contribution is 5.85. The molecule has 0 spiro atoms. The number of rotatable bonds is 16. The highest BCUT2D eigenvalue weighted by atomic mass is 16.6. The number of nitrogens with one attached hydrogen (secondary N) is 3. The van der Waals surface area contributed by atoms with E-state index in [4.69, 9.17) is 15.2 Å². The van der Waals surface area contributed by atoms with Gasteiger partial charge in [-0.1, -0.05) is 19.3 Å². The third-order valence-electron chi connectivity index (χ3n) is 4.66. The van der Waals surface area contributed by atoms with E-state index >= 15 is 0 Å². The van der Waals surface area contributed by atoms with Crippen LogP contribution in [0.4, 0.5) is 4.79 Å². The minimum Gasteiger partial charge on any atom is -0.459 e. The minimum absolute atomic E-state index is 0.0205. The first-order chi connectivity index (χ1) is 16.2. The molecule has 10 nitrogen and oxygen atoms in total. The number of esters is 2. The molecule has 204 valence electrons. The van der Waals surface area contributed by atoms with E-state index in [0.29, 0.717) is 38.8 Å². The van der Waals surface area contributed by atoms with E-state index in [1.807, 2.05) is 0 Å². The highest BCUT2D eigenvalue weighted by Gasteiger charge is 2.26. The summed E-state index contributed by atoms with van der Waals surface area (Å²) in [5.41, 5.74) is 4.10. The molecular formula is C25H48N4O6. The van der Waals surface area contributed by atoms with Gasteiger partial charge >= 0.3 is 18.0 Å². The fourth-order valence-electron chi connectivity index (χ4n) is 3.11. The normalized spacial score (nSPS) is 12.4. The van der Waals surface area contributed by atoms with E-state index in [1.165, 1.54) is 0 Å². The zero-order valence-electron chi connectivity index (χ0n) is 22.6. The van der Waals surface area contributed by atoms with Gasteiger partial charge in [-0.05, 0) is 80.2 Å². The molecule has 0 saturated heterocycles. The molecule has 0 heterocycles. The second-order valence-corrected chi connectivity index (χ2v) is 10.7. The average molecular weight is 501 g/mol. The standard InChI is InChI=1S/C25H48N4O6/c1-24(2,3)34-21(31)18-28-23(33)29-19(22(32)35-25(4,5)6)14-11-13-17-27-20(30)15-10-8-7-9-12-16-26/h19H,7-18,26H2,1-6H3,(H,27,30)(H2,28,29,33)/t19-/m0/s1. The summed E-state index contributed by atoms with van der Waals surface area (Å²) in [4.78, 5) is 48.6. The summed E-state index contributed by atoms with van der Waals surface area (Å²) in [6.07, 6.45) is 7.19. The quantitative estimate of drug-likeness (QED) is 0.188. The van der Waals surface area contributed by atoms with E-state index in [-0.39, 0.29) is 12.5 Å². The third-order valence-corrected chi connectivity index (χ3v) is 4.66. The Bertz CT molecular complexity index is 655.